The van der Waals surface area contributed by atoms with Crippen molar-refractivity contribution in [2.45, 2.75) is 38.5 Å². The molecule has 0 aliphatic heterocycles. The quantitative estimate of drug-likeness (QED) is 0.0114. The Morgan fingerprint density at radius 1 is 0.615 bits per heavy atom. The summed E-state index contributed by atoms with van der Waals surface area (Å²) < 4.78 is 42.7. The number of hydrogen-bond acceptors (Lipinski definition) is 20. The van der Waals surface area contributed by atoms with E-state index in [-0.39, 0.29) is 89.2 Å². The van der Waals surface area contributed by atoms with Crippen LogP contribution in [0.15, 0.2) is 0 Å². The first-order chi connectivity index (χ1) is 30.5. The summed E-state index contributed by atoms with van der Waals surface area (Å²) in [7, 11) is 11.7. The van der Waals surface area contributed by atoms with Crippen molar-refractivity contribution < 1.29 is 111 Å². The Hall–Kier alpha value is -0.403. The van der Waals surface area contributed by atoms with Crippen LogP contribution in [-0.4, -0.2) is 180 Å². The molecule has 0 saturated heterocycles. The average molecular weight is 1380 g/mol. The fourth-order valence-electron chi connectivity index (χ4n) is 3.16. The molecule has 0 aromatic rings. The Bertz CT molecular complexity index is 1420. The van der Waals surface area contributed by atoms with Gasteiger partial charge in [-0.15, -0.1) is 32.5 Å². The van der Waals surface area contributed by atoms with Crippen LogP contribution in [0.1, 0.15) is 38.5 Å². The van der Waals surface area contributed by atoms with E-state index >= 15 is 0 Å². The summed E-state index contributed by atoms with van der Waals surface area (Å²) in [5, 5.41) is 43.5. The van der Waals surface area contributed by atoms with E-state index in [9.17, 15) is 43.2 Å². The molecular formula is C30H51Cl2N6O17PS6SnTc2-. The van der Waals surface area contributed by atoms with E-state index in [2.05, 4.69) is 82.4 Å². The third kappa shape index (κ3) is 84.0. The van der Waals surface area contributed by atoms with Crippen molar-refractivity contribution in [3.05, 3.63) is 10.6 Å². The summed E-state index contributed by atoms with van der Waals surface area (Å²) in [6.45, 7) is 2.73. The van der Waals surface area contributed by atoms with Crippen molar-refractivity contribution in [2.24, 2.45) is 0 Å². The molecule has 0 bridgehead atoms. The molecule has 0 aromatic heterocycles. The molecule has 0 fully saturated rings. The number of carbonyl (C=O) groups excluding carboxylic acids is 6. The number of carboxylic acids is 3. The zero-order chi connectivity index (χ0) is 51.5. The van der Waals surface area contributed by atoms with Crippen LogP contribution in [-0.2, 0) is 117 Å². The summed E-state index contributed by atoms with van der Waals surface area (Å²) in [6.07, 6.45) is 3.00. The van der Waals surface area contributed by atoms with Crippen LogP contribution in [0, 0.1) is 0 Å². The van der Waals surface area contributed by atoms with Gasteiger partial charge in [-0.3, -0.25) is 33.6 Å². The molecule has 0 heterocycles. The molecule has 7 N–H and O–H groups in total. The van der Waals surface area contributed by atoms with Crippen LogP contribution < -0.4 is 25.1 Å². The van der Waals surface area contributed by atoms with E-state index < -0.39 is 60.2 Å². The van der Waals surface area contributed by atoms with E-state index in [1.807, 2.05) is 0 Å². The number of carboxylic acid groups (broad SMARTS) is 3. The fourth-order valence-corrected chi connectivity index (χ4v) is 7.49. The molecule has 0 aliphatic rings. The number of amides is 6. The Kier molecular flexibility index (Phi) is 67.8. The van der Waals surface area contributed by atoms with Crippen molar-refractivity contribution in [1.82, 2.24) is 21.3 Å². The van der Waals surface area contributed by atoms with Gasteiger partial charge in [-0.2, -0.15) is 25.3 Å². The summed E-state index contributed by atoms with van der Waals surface area (Å²) in [5.74, 6) is -2.99. The number of thiol groups is 2. The first-order valence-corrected chi connectivity index (χ1v) is 35.6. The number of hydrogen-bond donors (Lipinski definition) is 9. The Balaban J connectivity index is -0.000000191. The predicted molar refractivity (Wildman–Crippen MR) is 248 cm³/mol. The topological polar surface area (TPSA) is 382 Å². The van der Waals surface area contributed by atoms with Crippen molar-refractivity contribution in [2.75, 3.05) is 92.3 Å². The van der Waals surface area contributed by atoms with Crippen LogP contribution in [0.25, 0.3) is 10.6 Å². The molecule has 0 rings (SSSR count). The number of nitrogens with one attached hydrogen (secondary N) is 4. The molecule has 377 valence electrons. The van der Waals surface area contributed by atoms with Crippen LogP contribution in [0.2, 0.25) is 0 Å². The number of nitrogens with zero attached hydrogens (tertiary/aromatic N) is 2. The van der Waals surface area contributed by atoms with Gasteiger partial charge in [0.05, 0.1) is 23.0 Å². The Morgan fingerprint density at radius 3 is 1.11 bits per heavy atom. The van der Waals surface area contributed by atoms with Gasteiger partial charge in [-0.05, 0) is 31.3 Å². The third-order valence-electron chi connectivity index (χ3n) is 5.81. The molecule has 65 heavy (non-hydrogen) atoms. The van der Waals surface area contributed by atoms with Gasteiger partial charge in [-0.1, -0.05) is 28.0 Å². The number of aliphatic carboxylic acids is 3. The molecule has 0 saturated carbocycles. The number of carbonyl (C=O) groups is 9. The van der Waals surface area contributed by atoms with E-state index in [1.165, 1.54) is 21.6 Å². The summed E-state index contributed by atoms with van der Waals surface area (Å²) in [6, 6.07) is 0. The van der Waals surface area contributed by atoms with E-state index in [1.54, 1.807) is 0 Å². The van der Waals surface area contributed by atoms with Gasteiger partial charge in [0, 0.05) is 57.3 Å². The minimum atomic E-state index is -5.94. The molecule has 6 amide bonds. The van der Waals surface area contributed by atoms with E-state index in [0.717, 1.165) is 18.9 Å². The summed E-state index contributed by atoms with van der Waals surface area (Å²) >= 11 is 10.8. The van der Waals surface area contributed by atoms with Crippen LogP contribution in [0.4, 0.5) is 0 Å². The minimum absolute atomic E-state index is 0.0161. The second kappa shape index (κ2) is 57.9. The van der Waals surface area contributed by atoms with E-state index in [0.29, 0.717) is 77.0 Å². The molecule has 23 nitrogen and oxygen atoms in total. The normalized spacial score (nSPS) is 9.69. The maximum absolute atomic E-state index is 11.6. The first kappa shape index (κ1) is 76.1. The molecule has 2 radical (unpaired) electrons. The van der Waals surface area contributed by atoms with Gasteiger partial charge in [0.1, 0.15) is 0 Å². The first-order valence-electron chi connectivity index (χ1n) is 17.7. The third-order valence-corrected chi connectivity index (χ3v) is 11.6. The predicted octanol–water partition coefficient (Wildman–Crippen LogP) is -0.0353. The fraction of sp³-hybridized carbons (Fsp3) is 0.700. The molecular weight excluding hydrogens is 1330 g/mol. The molecule has 0 unspecified atom stereocenters. The summed E-state index contributed by atoms with van der Waals surface area (Å²) in [4.78, 5) is 97.3. The Morgan fingerprint density at radius 2 is 0.877 bits per heavy atom. The monoisotopic (exact) mass is 1370 g/mol. The molecule has 0 aromatic carbocycles. The standard InChI is InChI=1S/C14H26N4O4S4.C9H15O6P.C7H14N2O2S2.2ClH.5O.Sn.2Tc/c19-11(7-23)15-3-1-5-17-13(21)9-25-26-10-14(22)18-6-2-4-16-12(20)8-24;10-7(11)1-4-16(5-2-8(12)13)6-3-9(14)15;10-6(4-12)8-2-1-3-9-7(11)5-13;;;;;;;;;;/h23-24H,1-10H2,(H,15,19)(H,16,20)(H,17,21)(H,18,22);1-6H2,(H,10,11)(H,12,13)(H,14,15);1-5H2,(H4,8,9,10,11,12,13);2*1H;;;;;;;;/q;;;;;;;;;-1;+2;;+4/p-6. The Labute approximate surface area is 439 Å². The van der Waals surface area contributed by atoms with Gasteiger partial charge in [0.25, 0.3) is 0 Å². The average Bonchev–Trinajstić information content (AvgIpc) is 3.24. The second-order valence-corrected chi connectivity index (χ2v) is 23.3. The molecule has 35 heteroatoms. The van der Waals surface area contributed by atoms with Crippen molar-refractivity contribution in [1.29, 1.82) is 0 Å². The van der Waals surface area contributed by atoms with Crippen molar-refractivity contribution >= 4 is 170 Å². The van der Waals surface area contributed by atoms with Gasteiger partial charge >= 0.3 is 107 Å². The zero-order valence-corrected chi connectivity index (χ0v) is 48.3. The molecule has 0 aliphatic carbocycles. The summed E-state index contributed by atoms with van der Waals surface area (Å²) in [5.41, 5.74) is 0. The number of halogens is 2. The second-order valence-electron chi connectivity index (χ2n) is 10.9. The zero-order valence-electron chi connectivity index (χ0n) is 34.3. The van der Waals surface area contributed by atoms with Crippen LogP contribution in [0.5, 0.6) is 0 Å². The SMILES string of the molecule is O=C(CS)NCCCNC(=O)CSSCC(=O)NCCCNC(=O)CS.O=C(C[S-])[N-]CCC[N-]C(=O)C[S-].O=C(O)CCP(CCC(=O)O)CCC(=O)O.[Cl][Sn][Cl].[O]=[Tc+4].[O]=[Tc](=[O])(=[O])[O-]. The van der Waals surface area contributed by atoms with Gasteiger partial charge < -0.3 is 82.1 Å². The van der Waals surface area contributed by atoms with Crippen LogP contribution in [0.3, 0.4) is 0 Å². The molecule has 0 atom stereocenters. The maximum atomic E-state index is 11.6. The van der Waals surface area contributed by atoms with Crippen molar-refractivity contribution in [3.8, 4) is 0 Å². The van der Waals surface area contributed by atoms with E-state index in [4.69, 9.17) is 51.0 Å². The van der Waals surface area contributed by atoms with Gasteiger partial charge in [0.2, 0.25) is 23.6 Å². The van der Waals surface area contributed by atoms with Gasteiger partial charge in [0.15, 0.2) is 0 Å². The van der Waals surface area contributed by atoms with Crippen molar-refractivity contribution in [3.63, 3.8) is 0 Å². The van der Waals surface area contributed by atoms with Crippen LogP contribution >= 0.6 is 72.6 Å². The number of rotatable bonds is 30. The van der Waals surface area contributed by atoms with Gasteiger partial charge in [-0.25, -0.2) is 0 Å². The molecule has 0 spiro atoms.